The van der Waals surface area contributed by atoms with Gasteiger partial charge in [0.15, 0.2) is 5.78 Å². The fourth-order valence-corrected chi connectivity index (χ4v) is 2.92. The van der Waals surface area contributed by atoms with E-state index in [-0.39, 0.29) is 24.2 Å². The lowest BCUT2D eigenvalue weighted by Gasteiger charge is -2.29. The van der Waals surface area contributed by atoms with Gasteiger partial charge in [-0.25, -0.2) is 0 Å². The first-order valence-corrected chi connectivity index (χ1v) is 7.63. The zero-order valence-electron chi connectivity index (χ0n) is 13.3. The number of ketones is 1. The van der Waals surface area contributed by atoms with E-state index in [0.29, 0.717) is 24.3 Å². The van der Waals surface area contributed by atoms with Crippen molar-refractivity contribution in [1.29, 1.82) is 0 Å². The molecule has 1 fully saturated rings. The lowest BCUT2D eigenvalue weighted by Crippen LogP contribution is -2.52. The van der Waals surface area contributed by atoms with Crippen molar-refractivity contribution in [2.45, 2.75) is 52.3 Å². The van der Waals surface area contributed by atoms with Crippen LogP contribution in [0.5, 0.6) is 0 Å². The van der Waals surface area contributed by atoms with Crippen LogP contribution in [0.3, 0.4) is 0 Å². The number of rotatable bonds is 5. The van der Waals surface area contributed by atoms with E-state index in [1.165, 1.54) is 6.92 Å². The predicted octanol–water partition coefficient (Wildman–Crippen LogP) is -0.0684. The summed E-state index contributed by atoms with van der Waals surface area (Å²) in [5, 5.41) is 20.1. The number of aromatic nitrogens is 2. The number of Topliss-reactive ketones (excluding diaryl/α,β-unsaturated/α-hetero) is 1. The molecular weight excluding hydrogens is 284 g/mol. The van der Waals surface area contributed by atoms with E-state index in [4.69, 9.17) is 0 Å². The highest BCUT2D eigenvalue weighted by Gasteiger charge is 2.24. The van der Waals surface area contributed by atoms with Crippen LogP contribution in [0.4, 0.5) is 0 Å². The minimum absolute atomic E-state index is 0.0106. The summed E-state index contributed by atoms with van der Waals surface area (Å²) in [6.45, 7) is 6.88. The fourth-order valence-electron chi connectivity index (χ4n) is 2.92. The number of carbonyl (C=O) groups excluding carboxylic acids is 2. The smallest absolute Gasteiger partial charge is 0.222 e. The highest BCUT2D eigenvalue weighted by atomic mass is 16.3. The standard InChI is InChI=1S/C15H24N4O3/c1-9-15(11(3)20)10(2)19(18-9)7-5-14(22)17-12-4-6-16-8-13(12)21/h12-13,16,21H,4-8H2,1-3H3,(H,17,22)/t12-,13-/m1/s1. The average molecular weight is 308 g/mol. The molecule has 7 heteroatoms. The first-order chi connectivity index (χ1) is 10.4. The van der Waals surface area contributed by atoms with Crippen LogP contribution in [0.2, 0.25) is 0 Å². The Morgan fingerprint density at radius 1 is 1.45 bits per heavy atom. The quantitative estimate of drug-likeness (QED) is 0.662. The predicted molar refractivity (Wildman–Crippen MR) is 81.7 cm³/mol. The molecule has 1 aromatic rings. The molecule has 1 aliphatic heterocycles. The molecule has 0 unspecified atom stereocenters. The highest BCUT2D eigenvalue weighted by molar-refractivity contribution is 5.96. The summed E-state index contributed by atoms with van der Waals surface area (Å²) in [7, 11) is 0. The largest absolute Gasteiger partial charge is 0.390 e. The van der Waals surface area contributed by atoms with Crippen molar-refractivity contribution < 1.29 is 14.7 Å². The van der Waals surface area contributed by atoms with Crippen LogP contribution in [-0.4, -0.2) is 51.8 Å². The summed E-state index contributed by atoms with van der Waals surface area (Å²) in [6.07, 6.45) is 0.452. The van der Waals surface area contributed by atoms with Crippen molar-refractivity contribution in [3.8, 4) is 0 Å². The molecule has 1 saturated heterocycles. The topological polar surface area (TPSA) is 96.2 Å². The van der Waals surface area contributed by atoms with Crippen LogP contribution in [0.15, 0.2) is 0 Å². The summed E-state index contributed by atoms with van der Waals surface area (Å²) in [5.74, 6) is -0.119. The van der Waals surface area contributed by atoms with Crippen molar-refractivity contribution in [1.82, 2.24) is 20.4 Å². The van der Waals surface area contributed by atoms with Crippen LogP contribution in [0.25, 0.3) is 0 Å². The van der Waals surface area contributed by atoms with Crippen LogP contribution >= 0.6 is 0 Å². The van der Waals surface area contributed by atoms with Gasteiger partial charge >= 0.3 is 0 Å². The zero-order valence-corrected chi connectivity index (χ0v) is 13.3. The number of aliphatic hydroxyl groups is 1. The van der Waals surface area contributed by atoms with E-state index in [9.17, 15) is 14.7 Å². The maximum atomic E-state index is 12.0. The summed E-state index contributed by atoms with van der Waals surface area (Å²) in [5.41, 5.74) is 2.12. The van der Waals surface area contributed by atoms with Crippen LogP contribution < -0.4 is 10.6 Å². The SMILES string of the molecule is CC(=O)c1c(C)nn(CCC(=O)N[C@@H]2CCNC[C@H]2O)c1C. The number of amides is 1. The van der Waals surface area contributed by atoms with E-state index < -0.39 is 6.10 Å². The van der Waals surface area contributed by atoms with Gasteiger partial charge in [0.25, 0.3) is 0 Å². The molecule has 7 nitrogen and oxygen atoms in total. The lowest BCUT2D eigenvalue weighted by atomic mass is 10.0. The first kappa shape index (κ1) is 16.6. The third kappa shape index (κ3) is 3.72. The number of aliphatic hydroxyl groups excluding tert-OH is 1. The lowest BCUT2D eigenvalue weighted by molar-refractivity contribution is -0.123. The van der Waals surface area contributed by atoms with Gasteiger partial charge in [-0.05, 0) is 33.7 Å². The second-order valence-corrected chi connectivity index (χ2v) is 5.81. The van der Waals surface area contributed by atoms with Gasteiger partial charge in [-0.3, -0.25) is 14.3 Å². The van der Waals surface area contributed by atoms with E-state index >= 15 is 0 Å². The number of hydrogen-bond acceptors (Lipinski definition) is 5. The number of carbonyl (C=O) groups is 2. The summed E-state index contributed by atoms with van der Waals surface area (Å²) in [6, 6.07) is -0.193. The Bertz CT molecular complexity index is 567. The average Bonchev–Trinajstić information content (AvgIpc) is 2.73. The van der Waals surface area contributed by atoms with Crippen molar-refractivity contribution in [2.24, 2.45) is 0 Å². The normalized spacial score (nSPS) is 21.6. The number of β-amino-alcohol motifs (C(OH)–C–C–N with tert-alkyl or cyclic N) is 1. The molecule has 0 aromatic carbocycles. The van der Waals surface area contributed by atoms with Crippen LogP contribution in [0, 0.1) is 13.8 Å². The Balaban J connectivity index is 1.91. The Kier molecular flexibility index (Phi) is 5.31. The van der Waals surface area contributed by atoms with Gasteiger partial charge in [-0.15, -0.1) is 0 Å². The molecule has 2 heterocycles. The van der Waals surface area contributed by atoms with Gasteiger partial charge < -0.3 is 15.7 Å². The number of aryl methyl sites for hydroxylation is 2. The molecule has 1 amide bonds. The molecule has 0 radical (unpaired) electrons. The Morgan fingerprint density at radius 2 is 2.18 bits per heavy atom. The Hall–Kier alpha value is -1.73. The van der Waals surface area contributed by atoms with Crippen molar-refractivity contribution in [3.63, 3.8) is 0 Å². The molecule has 0 spiro atoms. The second-order valence-electron chi connectivity index (χ2n) is 5.81. The zero-order chi connectivity index (χ0) is 16.3. The Morgan fingerprint density at radius 3 is 2.77 bits per heavy atom. The van der Waals surface area contributed by atoms with Gasteiger partial charge in [-0.1, -0.05) is 0 Å². The van der Waals surface area contributed by atoms with Crippen molar-refractivity contribution in [3.05, 3.63) is 17.0 Å². The molecule has 1 aromatic heterocycles. The number of hydrogen-bond donors (Lipinski definition) is 3. The highest BCUT2D eigenvalue weighted by Crippen LogP contribution is 2.14. The number of nitrogens with one attached hydrogen (secondary N) is 2. The summed E-state index contributed by atoms with van der Waals surface area (Å²) < 4.78 is 1.70. The molecule has 0 bridgehead atoms. The van der Waals surface area contributed by atoms with E-state index in [2.05, 4.69) is 15.7 Å². The van der Waals surface area contributed by atoms with Crippen molar-refractivity contribution in [2.75, 3.05) is 13.1 Å². The maximum Gasteiger partial charge on any atom is 0.222 e. The van der Waals surface area contributed by atoms with E-state index in [1.807, 2.05) is 6.92 Å². The van der Waals surface area contributed by atoms with Gasteiger partial charge in [0.05, 0.1) is 23.4 Å². The number of nitrogens with zero attached hydrogens (tertiary/aromatic N) is 2. The molecule has 1 aliphatic rings. The molecule has 2 atom stereocenters. The molecule has 0 aliphatic carbocycles. The molecule has 2 rings (SSSR count). The summed E-state index contributed by atoms with van der Waals surface area (Å²) in [4.78, 5) is 23.6. The molecule has 22 heavy (non-hydrogen) atoms. The molecular formula is C15H24N4O3. The minimum atomic E-state index is -0.546. The van der Waals surface area contributed by atoms with Gasteiger partial charge in [0, 0.05) is 25.2 Å². The number of piperidine rings is 1. The molecule has 3 N–H and O–H groups in total. The fraction of sp³-hybridized carbons (Fsp3) is 0.667. The van der Waals surface area contributed by atoms with E-state index in [0.717, 1.165) is 18.7 Å². The second kappa shape index (κ2) is 7.02. The van der Waals surface area contributed by atoms with Gasteiger partial charge in [-0.2, -0.15) is 5.10 Å². The third-order valence-electron chi connectivity index (χ3n) is 4.08. The maximum absolute atomic E-state index is 12.0. The molecule has 0 saturated carbocycles. The third-order valence-corrected chi connectivity index (χ3v) is 4.08. The van der Waals surface area contributed by atoms with Crippen LogP contribution in [0.1, 0.15) is 41.5 Å². The Labute approximate surface area is 130 Å². The summed E-state index contributed by atoms with van der Waals surface area (Å²) >= 11 is 0. The monoisotopic (exact) mass is 308 g/mol. The van der Waals surface area contributed by atoms with Crippen LogP contribution in [-0.2, 0) is 11.3 Å². The molecule has 122 valence electrons. The van der Waals surface area contributed by atoms with Crippen molar-refractivity contribution >= 4 is 11.7 Å². The van der Waals surface area contributed by atoms with Gasteiger partial charge in [0.1, 0.15) is 0 Å². The van der Waals surface area contributed by atoms with Gasteiger partial charge in [0.2, 0.25) is 5.91 Å². The first-order valence-electron chi connectivity index (χ1n) is 7.63. The van der Waals surface area contributed by atoms with E-state index in [1.54, 1.807) is 11.6 Å². The minimum Gasteiger partial charge on any atom is -0.390 e.